The van der Waals surface area contributed by atoms with Crippen molar-refractivity contribution in [3.05, 3.63) is 53.6 Å². The Morgan fingerprint density at radius 3 is 2.81 bits per heavy atom. The number of ether oxygens (including phenoxy) is 1. The van der Waals surface area contributed by atoms with Crippen LogP contribution in [-0.4, -0.2) is 30.0 Å². The van der Waals surface area contributed by atoms with Gasteiger partial charge >= 0.3 is 0 Å². The van der Waals surface area contributed by atoms with Crippen LogP contribution < -0.4 is 9.57 Å². The summed E-state index contributed by atoms with van der Waals surface area (Å²) in [6.07, 6.45) is 9.60. The van der Waals surface area contributed by atoms with Crippen molar-refractivity contribution in [1.29, 1.82) is 0 Å². The molecule has 1 aliphatic rings. The van der Waals surface area contributed by atoms with E-state index in [9.17, 15) is 10.2 Å². The first kappa shape index (κ1) is 15.6. The number of methoxy groups -OCH3 is 1. The molecule has 0 spiro atoms. The fraction of sp³-hybridized carbons (Fsp3) is 0.250. The van der Waals surface area contributed by atoms with Crippen molar-refractivity contribution in [2.45, 2.75) is 6.04 Å². The molecule has 4 nitrogen and oxygen atoms in total. The number of hydrogen-bond acceptors (Lipinski definition) is 4. The fourth-order valence-electron chi connectivity index (χ4n) is 2.15. The Labute approximate surface area is 129 Å². The zero-order chi connectivity index (χ0) is 15.2. The molecular weight excluding hydrogens is 290 g/mol. The number of benzene rings is 1. The summed E-state index contributed by atoms with van der Waals surface area (Å²) < 4.78 is 5.11. The lowest BCUT2D eigenvalue weighted by Gasteiger charge is -2.22. The highest BCUT2D eigenvalue weighted by atomic mass is 35.5. The summed E-state index contributed by atoms with van der Waals surface area (Å²) in [6.45, 7) is 0.0398. The van der Waals surface area contributed by atoms with Gasteiger partial charge in [-0.2, -0.15) is 0 Å². The topological polar surface area (TPSA) is 61.7 Å². The van der Waals surface area contributed by atoms with Gasteiger partial charge in [-0.05, 0) is 35.0 Å². The monoisotopic (exact) mass is 307 g/mol. The van der Waals surface area contributed by atoms with Gasteiger partial charge in [-0.15, -0.1) is 0 Å². The van der Waals surface area contributed by atoms with Crippen molar-refractivity contribution in [3.63, 3.8) is 0 Å². The average Bonchev–Trinajstić information content (AvgIpc) is 2.52. The third kappa shape index (κ3) is 4.11. The van der Waals surface area contributed by atoms with Crippen LogP contribution in [0.3, 0.4) is 0 Å². The van der Waals surface area contributed by atoms with Gasteiger partial charge in [-0.3, -0.25) is 0 Å². The van der Waals surface area contributed by atoms with Crippen molar-refractivity contribution < 1.29 is 14.9 Å². The van der Waals surface area contributed by atoms with Gasteiger partial charge in [0.15, 0.2) is 0 Å². The molecule has 1 aromatic carbocycles. The van der Waals surface area contributed by atoms with Gasteiger partial charge in [0.05, 0.1) is 13.7 Å². The molecule has 5 heteroatoms. The number of allylic oxidation sites excluding steroid dienone is 3. The zero-order valence-corrected chi connectivity index (χ0v) is 12.4. The Balaban J connectivity index is 2.16. The summed E-state index contributed by atoms with van der Waals surface area (Å²) in [7, 11) is 1.56. The third-order valence-electron chi connectivity index (χ3n) is 3.32. The van der Waals surface area contributed by atoms with Crippen molar-refractivity contribution in [2.75, 3.05) is 13.7 Å². The molecule has 0 aliphatic heterocycles. The van der Waals surface area contributed by atoms with Crippen LogP contribution in [0.25, 0.3) is 6.08 Å². The molecule has 0 radical (unpaired) electrons. The minimum atomic E-state index is -0.111. The van der Waals surface area contributed by atoms with Gasteiger partial charge in [0.1, 0.15) is 11.5 Å². The highest BCUT2D eigenvalue weighted by Crippen LogP contribution is 2.24. The van der Waals surface area contributed by atoms with E-state index in [1.807, 2.05) is 36.4 Å². The van der Waals surface area contributed by atoms with Crippen LogP contribution in [-0.2, 0) is 0 Å². The zero-order valence-electron chi connectivity index (χ0n) is 11.7. The Morgan fingerprint density at radius 1 is 1.33 bits per heavy atom. The van der Waals surface area contributed by atoms with Gasteiger partial charge < -0.3 is 14.9 Å². The molecule has 112 valence electrons. The number of phenols is 1. The molecule has 0 fully saturated rings. The predicted molar refractivity (Wildman–Crippen MR) is 84.3 cm³/mol. The molecule has 1 aromatic rings. The molecule has 3 N–H and O–H groups in total. The second kappa shape index (κ2) is 7.31. The molecule has 21 heavy (non-hydrogen) atoms. The van der Waals surface area contributed by atoms with Crippen LogP contribution in [0.5, 0.6) is 11.5 Å². The molecule has 0 saturated heterocycles. The molecule has 2 unspecified atom stereocenters. The number of aromatic hydroxyl groups is 1. The Kier molecular flexibility index (Phi) is 5.44. The third-order valence-corrected chi connectivity index (χ3v) is 3.58. The Hall–Kier alpha value is -1.75. The molecule has 0 bridgehead atoms. The van der Waals surface area contributed by atoms with E-state index in [0.29, 0.717) is 5.75 Å². The molecule has 1 aliphatic carbocycles. The van der Waals surface area contributed by atoms with Crippen molar-refractivity contribution in [2.24, 2.45) is 5.92 Å². The highest BCUT2D eigenvalue weighted by Gasteiger charge is 2.18. The minimum Gasteiger partial charge on any atom is -0.508 e. The van der Waals surface area contributed by atoms with Gasteiger partial charge in [0.25, 0.3) is 0 Å². The van der Waals surface area contributed by atoms with E-state index in [-0.39, 0.29) is 24.3 Å². The lowest BCUT2D eigenvalue weighted by atomic mass is 9.92. The van der Waals surface area contributed by atoms with E-state index >= 15 is 0 Å². The number of hydrogen-bond donors (Lipinski definition) is 3. The molecule has 0 aromatic heterocycles. The molecule has 0 amide bonds. The summed E-state index contributed by atoms with van der Waals surface area (Å²) in [5.74, 6) is 0.729. The fourth-order valence-corrected chi connectivity index (χ4v) is 2.38. The first-order chi connectivity index (χ1) is 10.2. The summed E-state index contributed by atoms with van der Waals surface area (Å²) in [4.78, 5) is 2.65. The summed E-state index contributed by atoms with van der Waals surface area (Å²) in [6, 6.07) is 4.92. The summed E-state index contributed by atoms with van der Waals surface area (Å²) >= 11 is 5.68. The van der Waals surface area contributed by atoms with E-state index in [0.717, 1.165) is 11.1 Å². The highest BCUT2D eigenvalue weighted by molar-refractivity contribution is 6.13. The number of halogens is 1. The summed E-state index contributed by atoms with van der Waals surface area (Å²) in [5, 5.41) is 18.8. The van der Waals surface area contributed by atoms with Gasteiger partial charge in [-0.25, -0.2) is 4.84 Å². The van der Waals surface area contributed by atoms with Gasteiger partial charge in [0, 0.05) is 18.0 Å². The van der Waals surface area contributed by atoms with Crippen LogP contribution in [0.4, 0.5) is 0 Å². The number of aliphatic hydroxyl groups excluding tert-OH is 1. The van der Waals surface area contributed by atoms with E-state index in [4.69, 9.17) is 16.5 Å². The van der Waals surface area contributed by atoms with E-state index in [1.165, 1.54) is 0 Å². The number of rotatable bonds is 5. The molecule has 2 atom stereocenters. The maximum absolute atomic E-state index is 9.61. The van der Waals surface area contributed by atoms with Crippen molar-refractivity contribution in [1.82, 2.24) is 4.84 Å². The smallest absolute Gasteiger partial charge is 0.123 e. The molecular formula is C16H18ClNO3. The first-order valence-electron chi connectivity index (χ1n) is 6.59. The Bertz CT molecular complexity index is 581. The molecule has 0 saturated carbocycles. The average molecular weight is 308 g/mol. The standard InChI is InChI=1S/C16H18ClNO3/c1-21-15-7-12(6-14(20)9-15)3-2-11-4-5-13(10-19)16(8-11)18-17/h2-9,13,16,18-20H,10H2,1H3/b3-2-. The van der Waals surface area contributed by atoms with Crippen molar-refractivity contribution >= 4 is 17.9 Å². The van der Waals surface area contributed by atoms with Crippen LogP contribution >= 0.6 is 11.8 Å². The second-order valence-electron chi connectivity index (χ2n) is 4.80. The largest absolute Gasteiger partial charge is 0.508 e. The lowest BCUT2D eigenvalue weighted by molar-refractivity contribution is 0.239. The van der Waals surface area contributed by atoms with E-state index in [1.54, 1.807) is 19.2 Å². The lowest BCUT2D eigenvalue weighted by Crippen LogP contribution is -2.31. The van der Waals surface area contributed by atoms with Crippen LogP contribution in [0.1, 0.15) is 5.56 Å². The maximum Gasteiger partial charge on any atom is 0.123 e. The minimum absolute atomic E-state index is 0.0273. The Morgan fingerprint density at radius 2 is 2.14 bits per heavy atom. The quantitative estimate of drug-likeness (QED) is 0.732. The van der Waals surface area contributed by atoms with Crippen LogP contribution in [0.2, 0.25) is 0 Å². The van der Waals surface area contributed by atoms with Gasteiger partial charge in [0.2, 0.25) is 0 Å². The van der Waals surface area contributed by atoms with Crippen molar-refractivity contribution in [3.8, 4) is 11.5 Å². The van der Waals surface area contributed by atoms with E-state index < -0.39 is 0 Å². The maximum atomic E-state index is 9.61. The van der Waals surface area contributed by atoms with E-state index in [2.05, 4.69) is 4.84 Å². The first-order valence-corrected chi connectivity index (χ1v) is 6.97. The predicted octanol–water partition coefficient (Wildman–Crippen LogP) is 2.63. The SMILES string of the molecule is COc1cc(O)cc(/C=C\C2=CC(NCl)C(CO)C=C2)c1. The van der Waals surface area contributed by atoms with Crippen LogP contribution in [0, 0.1) is 5.92 Å². The second-order valence-corrected chi connectivity index (χ2v) is 5.02. The number of nitrogens with one attached hydrogen (secondary N) is 1. The van der Waals surface area contributed by atoms with Crippen LogP contribution in [0.15, 0.2) is 48.1 Å². The normalized spacial score (nSPS) is 21.6. The molecule has 2 rings (SSSR count). The molecule has 0 heterocycles. The number of aliphatic hydroxyl groups is 1. The number of phenolic OH excluding ortho intramolecular Hbond substituents is 1. The summed E-state index contributed by atoms with van der Waals surface area (Å²) in [5.41, 5.74) is 1.81. The van der Waals surface area contributed by atoms with Gasteiger partial charge in [-0.1, -0.05) is 30.4 Å².